The van der Waals surface area contributed by atoms with Crippen LogP contribution in [0.2, 0.25) is 0 Å². The Balaban J connectivity index is 1.70. The van der Waals surface area contributed by atoms with Crippen molar-refractivity contribution < 1.29 is 4.74 Å². The third-order valence-corrected chi connectivity index (χ3v) is 6.27. The molecular formula is C26H36N10O. The molecule has 5 N–H and O–H groups in total. The number of nitrogens with two attached hydrogens (primary N) is 2. The van der Waals surface area contributed by atoms with Crippen LogP contribution < -0.4 is 16.2 Å². The molecule has 0 aliphatic carbocycles. The maximum absolute atomic E-state index is 5.78. The molecule has 4 aromatic heterocycles. The summed E-state index contributed by atoms with van der Waals surface area (Å²) in [6.45, 7) is 6.27. The second kappa shape index (κ2) is 12.1. The van der Waals surface area contributed by atoms with E-state index >= 15 is 0 Å². The molecule has 11 heteroatoms. The second-order valence-corrected chi connectivity index (χ2v) is 9.20. The van der Waals surface area contributed by atoms with Crippen LogP contribution in [-0.2, 0) is 13.1 Å². The van der Waals surface area contributed by atoms with Gasteiger partial charge in [-0.2, -0.15) is 10.2 Å². The van der Waals surface area contributed by atoms with E-state index in [0.717, 1.165) is 64.7 Å². The first kappa shape index (κ1) is 26.4. The zero-order valence-corrected chi connectivity index (χ0v) is 22.0. The molecule has 4 aromatic rings. The average Bonchev–Trinajstić information content (AvgIpc) is 3.51. The minimum atomic E-state index is 0.579. The van der Waals surface area contributed by atoms with Gasteiger partial charge in [-0.25, -0.2) is 9.67 Å². The lowest BCUT2D eigenvalue weighted by atomic mass is 10.0. The molecule has 0 aliphatic heterocycles. The highest BCUT2D eigenvalue weighted by Gasteiger charge is 2.19. The van der Waals surface area contributed by atoms with Gasteiger partial charge >= 0.3 is 0 Å². The number of likely N-dealkylation sites (N-methyl/N-ethyl adjacent to an activating group) is 2. The monoisotopic (exact) mass is 504 g/mol. The van der Waals surface area contributed by atoms with E-state index in [9.17, 15) is 0 Å². The minimum absolute atomic E-state index is 0.579. The molecule has 4 heterocycles. The molecule has 0 unspecified atom stereocenters. The molecule has 0 aliphatic rings. The summed E-state index contributed by atoms with van der Waals surface area (Å²) in [7, 11) is 5.74. The van der Waals surface area contributed by atoms with Crippen LogP contribution in [0.4, 0.5) is 0 Å². The topological polar surface area (TPSA) is 140 Å². The summed E-state index contributed by atoms with van der Waals surface area (Å²) in [6, 6.07) is 3.88. The van der Waals surface area contributed by atoms with Gasteiger partial charge in [0.15, 0.2) is 5.82 Å². The molecule has 0 spiro atoms. The van der Waals surface area contributed by atoms with E-state index < -0.39 is 0 Å². The molecule has 0 radical (unpaired) electrons. The van der Waals surface area contributed by atoms with Crippen molar-refractivity contribution in [3.05, 3.63) is 59.8 Å². The highest BCUT2D eigenvalue weighted by molar-refractivity contribution is 5.69. The summed E-state index contributed by atoms with van der Waals surface area (Å²) in [4.78, 5) is 13.4. The zero-order valence-electron chi connectivity index (χ0n) is 22.0. The van der Waals surface area contributed by atoms with E-state index in [1.807, 2.05) is 49.5 Å². The van der Waals surface area contributed by atoms with E-state index in [1.165, 1.54) is 0 Å². The molecule has 0 saturated heterocycles. The molecule has 0 fully saturated rings. The maximum atomic E-state index is 5.78. The van der Waals surface area contributed by atoms with Crippen molar-refractivity contribution in [2.45, 2.75) is 20.0 Å². The lowest BCUT2D eigenvalue weighted by Crippen LogP contribution is -2.25. The number of rotatable bonds is 12. The fourth-order valence-corrected chi connectivity index (χ4v) is 4.38. The Labute approximate surface area is 217 Å². The van der Waals surface area contributed by atoms with Gasteiger partial charge in [0.25, 0.3) is 0 Å². The first-order valence-corrected chi connectivity index (χ1v) is 12.3. The van der Waals surface area contributed by atoms with Gasteiger partial charge in [-0.05, 0) is 38.7 Å². The molecule has 37 heavy (non-hydrogen) atoms. The third kappa shape index (κ3) is 6.03. The molecule has 0 bridgehead atoms. The minimum Gasteiger partial charge on any atom is -0.496 e. The number of H-pyrrole nitrogens is 1. The number of methoxy groups -OCH3 is 1. The Morgan fingerprint density at radius 1 is 1.00 bits per heavy atom. The van der Waals surface area contributed by atoms with Crippen LogP contribution in [0.5, 0.6) is 5.75 Å². The Kier molecular flexibility index (Phi) is 8.62. The van der Waals surface area contributed by atoms with Crippen LogP contribution >= 0.6 is 0 Å². The smallest absolute Gasteiger partial charge is 0.153 e. The molecule has 0 amide bonds. The van der Waals surface area contributed by atoms with Crippen molar-refractivity contribution >= 4 is 0 Å². The van der Waals surface area contributed by atoms with Crippen LogP contribution in [0.15, 0.2) is 43.1 Å². The molecule has 11 nitrogen and oxygen atoms in total. The lowest BCUT2D eigenvalue weighted by Gasteiger charge is -2.16. The van der Waals surface area contributed by atoms with E-state index in [-0.39, 0.29) is 0 Å². The van der Waals surface area contributed by atoms with E-state index in [4.69, 9.17) is 26.3 Å². The fourth-order valence-electron chi connectivity index (χ4n) is 4.38. The number of nitrogens with zero attached hydrogens (tertiary/aromatic N) is 7. The summed E-state index contributed by atoms with van der Waals surface area (Å²) < 4.78 is 7.41. The Hall–Kier alpha value is -3.64. The van der Waals surface area contributed by atoms with E-state index in [1.54, 1.807) is 19.5 Å². The molecule has 4 rings (SSSR count). The number of aryl methyl sites for hydroxylation is 1. The predicted molar refractivity (Wildman–Crippen MR) is 144 cm³/mol. The normalized spacial score (nSPS) is 11.6. The average molecular weight is 505 g/mol. The largest absolute Gasteiger partial charge is 0.496 e. The molecule has 0 atom stereocenters. The number of ether oxygens (including phenoxy) is 1. The number of aromatic amines is 1. The van der Waals surface area contributed by atoms with Gasteiger partial charge in [-0.1, -0.05) is 0 Å². The van der Waals surface area contributed by atoms with Crippen LogP contribution in [0.3, 0.4) is 0 Å². The first-order chi connectivity index (χ1) is 17.9. The van der Waals surface area contributed by atoms with Gasteiger partial charge in [0.1, 0.15) is 11.4 Å². The Morgan fingerprint density at radius 2 is 1.73 bits per heavy atom. The van der Waals surface area contributed by atoms with Crippen molar-refractivity contribution in [3.63, 3.8) is 0 Å². The van der Waals surface area contributed by atoms with Crippen molar-refractivity contribution in [1.29, 1.82) is 0 Å². The number of pyridine rings is 2. The number of aromatic nitrogens is 6. The highest BCUT2D eigenvalue weighted by atomic mass is 16.5. The number of hydrogen-bond donors (Lipinski definition) is 3. The Bertz CT molecular complexity index is 1310. The standard InChI is InChI=1S/C26H36N10O/c1-18-11-24(30-14-21(18)25-19(12-31-32-25)15-34(2)9-6-27)36-17-20(16-35(3)10-7-28)26(33-36)22-13-29-8-5-23(22)37-4/h5,8,11-14,17H,6-7,9-10,15-16,27-28H2,1-4H3,(H,31,32). The van der Waals surface area contributed by atoms with E-state index in [0.29, 0.717) is 25.4 Å². The Morgan fingerprint density at radius 3 is 2.41 bits per heavy atom. The quantitative estimate of drug-likeness (QED) is 0.263. The third-order valence-electron chi connectivity index (χ3n) is 6.27. The van der Waals surface area contributed by atoms with Crippen molar-refractivity contribution in [3.8, 4) is 34.1 Å². The van der Waals surface area contributed by atoms with Gasteiger partial charge in [0, 0.05) is 80.7 Å². The van der Waals surface area contributed by atoms with Crippen LogP contribution in [0.25, 0.3) is 28.3 Å². The van der Waals surface area contributed by atoms with Gasteiger partial charge in [-0.15, -0.1) is 0 Å². The van der Waals surface area contributed by atoms with Crippen LogP contribution in [0, 0.1) is 6.92 Å². The molecule has 0 saturated carbocycles. The van der Waals surface area contributed by atoms with Crippen LogP contribution in [0.1, 0.15) is 16.7 Å². The second-order valence-electron chi connectivity index (χ2n) is 9.20. The van der Waals surface area contributed by atoms with Crippen molar-refractivity contribution in [1.82, 2.24) is 39.7 Å². The van der Waals surface area contributed by atoms with E-state index in [2.05, 4.69) is 31.9 Å². The SMILES string of the molecule is COc1ccncc1-c1nn(-c2cc(C)c(-c3[nH]ncc3CN(C)CCN)cn2)cc1CN(C)CCN. The molecule has 196 valence electrons. The number of hydrogen-bond acceptors (Lipinski definition) is 9. The first-order valence-electron chi connectivity index (χ1n) is 12.3. The van der Waals surface area contributed by atoms with Gasteiger partial charge in [0.05, 0.1) is 24.6 Å². The summed E-state index contributed by atoms with van der Waals surface area (Å²) in [5, 5.41) is 12.3. The van der Waals surface area contributed by atoms with Crippen molar-refractivity contribution in [2.75, 3.05) is 47.4 Å². The number of nitrogens with one attached hydrogen (secondary N) is 1. The summed E-state index contributed by atoms with van der Waals surface area (Å²) in [5.74, 6) is 1.44. The lowest BCUT2D eigenvalue weighted by molar-refractivity contribution is 0.336. The van der Waals surface area contributed by atoms with Crippen molar-refractivity contribution in [2.24, 2.45) is 11.5 Å². The van der Waals surface area contributed by atoms with Crippen LogP contribution in [-0.4, -0.2) is 87.1 Å². The van der Waals surface area contributed by atoms with Gasteiger partial charge in [-0.3, -0.25) is 10.1 Å². The zero-order chi connectivity index (χ0) is 26.4. The predicted octanol–water partition coefficient (Wildman–Crippen LogP) is 1.82. The molecule has 0 aromatic carbocycles. The molecular weight excluding hydrogens is 468 g/mol. The fraction of sp³-hybridized carbons (Fsp3) is 0.385. The van der Waals surface area contributed by atoms with Gasteiger partial charge < -0.3 is 26.0 Å². The highest BCUT2D eigenvalue weighted by Crippen LogP contribution is 2.32. The summed E-state index contributed by atoms with van der Waals surface area (Å²) in [6.07, 6.45) is 9.24. The maximum Gasteiger partial charge on any atom is 0.153 e. The van der Waals surface area contributed by atoms with Gasteiger partial charge in [0.2, 0.25) is 0 Å². The summed E-state index contributed by atoms with van der Waals surface area (Å²) in [5.41, 5.74) is 18.3. The summed E-state index contributed by atoms with van der Waals surface area (Å²) >= 11 is 0.